The van der Waals surface area contributed by atoms with Crippen molar-refractivity contribution in [3.05, 3.63) is 0 Å². The van der Waals surface area contributed by atoms with Crippen molar-refractivity contribution >= 4 is 0 Å². The van der Waals surface area contributed by atoms with Crippen LogP contribution in [0.4, 0.5) is 26.3 Å². The highest BCUT2D eigenvalue weighted by Gasteiger charge is 2.10. The highest BCUT2D eigenvalue weighted by molar-refractivity contribution is 4.34. The zero-order chi connectivity index (χ0) is 15.2. The summed E-state index contributed by atoms with van der Waals surface area (Å²) < 4.78 is 59.2. The molecule has 0 aromatic carbocycles. The van der Waals surface area contributed by atoms with Crippen LogP contribution in [-0.2, 0) is 0 Å². The fraction of sp³-hybridized carbons (Fsp3) is 1.00. The molecule has 0 radical (unpaired) electrons. The van der Waals surface area contributed by atoms with E-state index in [4.69, 9.17) is 0 Å². The first kappa shape index (κ1) is 22.7. The number of nitrogens with zero attached hydrogens (tertiary/aromatic N) is 1. The van der Waals surface area contributed by atoms with Gasteiger partial charge < -0.3 is 4.48 Å². The Morgan fingerprint density at radius 1 is 0.722 bits per heavy atom. The lowest BCUT2D eigenvalue weighted by atomic mass is 10.3. The van der Waals surface area contributed by atoms with Crippen LogP contribution < -0.4 is 0 Å². The van der Waals surface area contributed by atoms with E-state index in [0.29, 0.717) is 0 Å². The molecule has 0 aromatic heterocycles. The maximum atomic E-state index is 9.67. The largest absolute Gasteiger partial charge is 0.379 e. The van der Waals surface area contributed by atoms with E-state index < -0.39 is 13.4 Å². The predicted molar refractivity (Wildman–Crippen MR) is 61.3 cm³/mol. The molecule has 0 spiro atoms. The Hall–Kier alpha value is -0.460. The van der Waals surface area contributed by atoms with E-state index in [2.05, 4.69) is 27.9 Å². The first-order valence-electron chi connectivity index (χ1n) is 5.75. The second-order valence-corrected chi connectivity index (χ2v) is 4.23. The first-order valence-corrected chi connectivity index (χ1v) is 5.75. The summed E-state index contributed by atoms with van der Waals surface area (Å²) in [5.41, 5.74) is 0. The molecule has 0 aliphatic rings. The third-order valence-electron chi connectivity index (χ3n) is 1.95. The zero-order valence-corrected chi connectivity index (χ0v) is 11.4. The summed E-state index contributed by atoms with van der Waals surface area (Å²) in [6.45, 7) is -0.164. The van der Waals surface area contributed by atoms with Gasteiger partial charge in [-0.25, -0.2) is 0 Å². The minimum absolute atomic E-state index is 1.20. The molecule has 0 rings (SSSR count). The quantitative estimate of drug-likeness (QED) is 0.510. The summed E-state index contributed by atoms with van der Waals surface area (Å²) in [5.74, 6) is 0. The van der Waals surface area contributed by atoms with Crippen molar-refractivity contribution in [3.63, 3.8) is 0 Å². The molecule has 0 aromatic rings. The van der Waals surface area contributed by atoms with Crippen LogP contribution in [0.15, 0.2) is 0 Å². The second kappa shape index (κ2) is 14.6. The fourth-order valence-electron chi connectivity index (χ4n) is 1.30. The molecule has 0 heterocycles. The SMILES string of the molecule is CCCC[N+](C)(C)CCC.FC(F)F.FC(F)F. The van der Waals surface area contributed by atoms with Gasteiger partial charge in [0.05, 0.1) is 27.2 Å². The predicted octanol–water partition coefficient (Wildman–Crippen LogP) is 4.63. The standard InChI is InChI=1S/C9H22N.2CHF3/c1-5-7-9-10(3,4)8-6-2;2*2-1(3)4/h5-9H2,1-4H3;2*1H/q+1;;. The van der Waals surface area contributed by atoms with Gasteiger partial charge in [0.1, 0.15) is 0 Å². The number of unbranched alkanes of at least 4 members (excludes halogenated alkanes) is 1. The molecule has 114 valence electrons. The van der Waals surface area contributed by atoms with Crippen LogP contribution in [0.2, 0.25) is 0 Å². The van der Waals surface area contributed by atoms with Crippen LogP contribution in [-0.4, -0.2) is 45.0 Å². The molecule has 0 aliphatic carbocycles. The van der Waals surface area contributed by atoms with Crippen molar-refractivity contribution in [2.24, 2.45) is 0 Å². The summed E-state index contributed by atoms with van der Waals surface area (Å²) in [5, 5.41) is 0. The second-order valence-electron chi connectivity index (χ2n) is 4.23. The van der Waals surface area contributed by atoms with Crippen LogP contribution in [0.25, 0.3) is 0 Å². The van der Waals surface area contributed by atoms with Crippen LogP contribution in [0, 0.1) is 0 Å². The molecule has 7 heteroatoms. The Kier molecular flexibility index (Phi) is 18.4. The number of hydrogen-bond acceptors (Lipinski definition) is 0. The summed E-state index contributed by atoms with van der Waals surface area (Å²) in [6, 6.07) is 0. The zero-order valence-electron chi connectivity index (χ0n) is 11.4. The Morgan fingerprint density at radius 2 is 1.06 bits per heavy atom. The van der Waals surface area contributed by atoms with Crippen LogP contribution in [0.1, 0.15) is 33.1 Å². The van der Waals surface area contributed by atoms with Gasteiger partial charge in [0.15, 0.2) is 0 Å². The van der Waals surface area contributed by atoms with Gasteiger partial charge in [0, 0.05) is 0 Å². The molecular weight excluding hydrogens is 260 g/mol. The smallest absolute Gasteiger partial charge is 0.328 e. The first-order chi connectivity index (χ1) is 8.09. The van der Waals surface area contributed by atoms with Gasteiger partial charge in [-0.15, -0.1) is 0 Å². The van der Waals surface area contributed by atoms with Gasteiger partial charge in [-0.3, -0.25) is 0 Å². The van der Waals surface area contributed by atoms with Gasteiger partial charge in [0.2, 0.25) is 0 Å². The minimum atomic E-state index is -3.67. The normalized spacial score (nSPS) is 10.7. The Labute approximate surface area is 105 Å². The Balaban J connectivity index is -0.000000233. The molecule has 0 atom stereocenters. The van der Waals surface area contributed by atoms with E-state index in [1.54, 1.807) is 0 Å². The van der Waals surface area contributed by atoms with Crippen LogP contribution in [0.3, 0.4) is 0 Å². The van der Waals surface area contributed by atoms with Crippen molar-refractivity contribution in [3.8, 4) is 0 Å². The maximum absolute atomic E-state index is 9.67. The molecule has 0 saturated heterocycles. The van der Waals surface area contributed by atoms with Crippen molar-refractivity contribution in [2.45, 2.75) is 46.5 Å². The summed E-state index contributed by atoms with van der Waals surface area (Å²) in [6.07, 6.45) is 4.00. The molecule has 0 fully saturated rings. The fourth-order valence-corrected chi connectivity index (χ4v) is 1.30. The molecule has 0 bridgehead atoms. The maximum Gasteiger partial charge on any atom is 0.379 e. The third kappa shape index (κ3) is 45.0. The molecule has 0 N–H and O–H groups in total. The molecule has 1 nitrogen and oxygen atoms in total. The summed E-state index contributed by atoms with van der Waals surface area (Å²) in [7, 11) is 4.64. The number of quaternary nitrogens is 1. The van der Waals surface area contributed by atoms with E-state index >= 15 is 0 Å². The molecule has 0 aliphatic heterocycles. The van der Waals surface area contributed by atoms with Gasteiger partial charge >= 0.3 is 13.4 Å². The number of alkyl halides is 6. The van der Waals surface area contributed by atoms with Crippen molar-refractivity contribution in [1.82, 2.24) is 0 Å². The molecule has 0 saturated carbocycles. The van der Waals surface area contributed by atoms with E-state index in [9.17, 15) is 26.3 Å². The van der Waals surface area contributed by atoms with Crippen LogP contribution in [0.5, 0.6) is 0 Å². The minimum Gasteiger partial charge on any atom is -0.328 e. The van der Waals surface area contributed by atoms with Crippen molar-refractivity contribution in [1.29, 1.82) is 0 Å². The molecule has 0 unspecified atom stereocenters. The van der Waals surface area contributed by atoms with Crippen molar-refractivity contribution in [2.75, 3.05) is 27.2 Å². The average molecular weight is 284 g/mol. The highest BCUT2D eigenvalue weighted by Crippen LogP contribution is 2.02. The van der Waals surface area contributed by atoms with Crippen LogP contribution >= 0.6 is 0 Å². The van der Waals surface area contributed by atoms with E-state index in [1.807, 2.05) is 0 Å². The highest BCUT2D eigenvalue weighted by atomic mass is 19.4. The molecule has 0 amide bonds. The monoisotopic (exact) mass is 284 g/mol. The number of rotatable bonds is 5. The Bertz CT molecular complexity index is 141. The average Bonchev–Trinajstić information content (AvgIpc) is 2.13. The van der Waals surface area contributed by atoms with E-state index in [0.717, 1.165) is 0 Å². The van der Waals surface area contributed by atoms with Gasteiger partial charge in [-0.1, -0.05) is 20.3 Å². The molecular formula is C11H24F6N+. The van der Waals surface area contributed by atoms with Gasteiger partial charge in [0.25, 0.3) is 0 Å². The lowest BCUT2D eigenvalue weighted by Crippen LogP contribution is -2.40. The lowest BCUT2D eigenvalue weighted by Gasteiger charge is -2.29. The number of halogens is 6. The van der Waals surface area contributed by atoms with E-state index in [1.165, 1.54) is 36.8 Å². The lowest BCUT2D eigenvalue weighted by molar-refractivity contribution is -0.890. The summed E-state index contributed by atoms with van der Waals surface area (Å²) in [4.78, 5) is 0. The topological polar surface area (TPSA) is 0 Å². The van der Waals surface area contributed by atoms with Gasteiger partial charge in [-0.05, 0) is 12.8 Å². The van der Waals surface area contributed by atoms with Gasteiger partial charge in [-0.2, -0.15) is 26.3 Å². The Morgan fingerprint density at radius 3 is 1.28 bits per heavy atom. The van der Waals surface area contributed by atoms with E-state index in [-0.39, 0.29) is 0 Å². The third-order valence-corrected chi connectivity index (χ3v) is 1.95. The number of hydrogen-bond donors (Lipinski definition) is 0. The van der Waals surface area contributed by atoms with Crippen molar-refractivity contribution < 1.29 is 30.8 Å². The summed E-state index contributed by atoms with van der Waals surface area (Å²) >= 11 is 0. The molecule has 18 heavy (non-hydrogen) atoms.